The number of carbonyl (C=O) groups excluding carboxylic acids is 1. The van der Waals surface area contributed by atoms with E-state index in [4.69, 9.17) is 14.2 Å². The van der Waals surface area contributed by atoms with Gasteiger partial charge in [-0.25, -0.2) is 4.79 Å². The molecule has 0 aromatic rings. The minimum absolute atomic E-state index is 0.0755. The van der Waals surface area contributed by atoms with E-state index in [2.05, 4.69) is 13.8 Å². The number of carbonyl (C=O) groups is 1. The third kappa shape index (κ3) is 6.27. The molecule has 0 bridgehead atoms. The molecule has 0 aliphatic carbocycles. The lowest BCUT2D eigenvalue weighted by molar-refractivity contribution is -0.202. The minimum atomic E-state index is -0.288. The van der Waals surface area contributed by atoms with Crippen molar-refractivity contribution in [2.45, 2.75) is 40.9 Å². The van der Waals surface area contributed by atoms with Crippen LogP contribution in [0.2, 0.25) is 0 Å². The quantitative estimate of drug-likeness (QED) is 0.443. The predicted molar refractivity (Wildman–Crippen MR) is 82.8 cm³/mol. The summed E-state index contributed by atoms with van der Waals surface area (Å²) in [4.78, 5) is 11.4. The summed E-state index contributed by atoms with van der Waals surface area (Å²) in [6, 6.07) is 0. The third-order valence-electron chi connectivity index (χ3n) is 3.04. The first-order chi connectivity index (χ1) is 9.85. The van der Waals surface area contributed by atoms with Crippen molar-refractivity contribution in [1.82, 2.24) is 0 Å². The minimum Gasteiger partial charge on any atom is -0.463 e. The van der Waals surface area contributed by atoms with E-state index in [0.717, 1.165) is 5.57 Å². The van der Waals surface area contributed by atoms with Gasteiger partial charge in [-0.15, -0.1) is 0 Å². The topological polar surface area (TPSA) is 44.8 Å². The molecule has 1 rings (SSSR count). The van der Waals surface area contributed by atoms with Gasteiger partial charge in [0.1, 0.15) is 0 Å². The Morgan fingerprint density at radius 3 is 2.33 bits per heavy atom. The maximum absolute atomic E-state index is 11.4. The largest absolute Gasteiger partial charge is 0.463 e. The number of ether oxygens (including phenoxy) is 3. The van der Waals surface area contributed by atoms with E-state index in [1.54, 1.807) is 19.9 Å². The van der Waals surface area contributed by atoms with Gasteiger partial charge in [-0.2, -0.15) is 0 Å². The van der Waals surface area contributed by atoms with Crippen LogP contribution in [0.4, 0.5) is 0 Å². The van der Waals surface area contributed by atoms with Gasteiger partial charge in [-0.3, -0.25) is 0 Å². The average molecular weight is 294 g/mol. The van der Waals surface area contributed by atoms with Gasteiger partial charge in [0, 0.05) is 11.0 Å². The number of allylic oxidation sites excluding steroid dienone is 4. The molecule has 0 unspecified atom stereocenters. The van der Waals surface area contributed by atoms with Gasteiger partial charge in [0.25, 0.3) is 0 Å². The fourth-order valence-electron chi connectivity index (χ4n) is 1.75. The van der Waals surface area contributed by atoms with E-state index >= 15 is 0 Å². The Balaban J connectivity index is 2.50. The molecule has 0 aromatic carbocycles. The number of rotatable bonds is 5. The van der Waals surface area contributed by atoms with Crippen molar-refractivity contribution in [2.24, 2.45) is 5.41 Å². The lowest BCUT2D eigenvalue weighted by Crippen LogP contribution is -2.38. The zero-order chi connectivity index (χ0) is 15.9. The third-order valence-corrected chi connectivity index (χ3v) is 3.04. The van der Waals surface area contributed by atoms with Crippen molar-refractivity contribution >= 4 is 5.97 Å². The summed E-state index contributed by atoms with van der Waals surface area (Å²) in [6.45, 7) is 11.5. The standard InChI is InChI=1S/C17H26O4/c1-6-19-15(18)13(2)9-7-8-10-14(3)16-20-11-17(4,5)12-21-16/h7-10,16H,6,11-12H2,1-5H3/b8-7+,13-9+,14-10+. The summed E-state index contributed by atoms with van der Waals surface area (Å²) in [5.74, 6) is -0.288. The fraction of sp³-hybridized carbons (Fsp3) is 0.588. The Morgan fingerprint density at radius 1 is 1.19 bits per heavy atom. The van der Waals surface area contributed by atoms with Gasteiger partial charge >= 0.3 is 5.97 Å². The molecule has 1 aliphatic heterocycles. The van der Waals surface area contributed by atoms with Gasteiger partial charge in [0.15, 0.2) is 6.29 Å². The van der Waals surface area contributed by atoms with Crippen LogP contribution in [-0.4, -0.2) is 32.1 Å². The Morgan fingerprint density at radius 2 is 1.76 bits per heavy atom. The molecule has 118 valence electrons. The maximum Gasteiger partial charge on any atom is 0.333 e. The number of hydrogen-bond donors (Lipinski definition) is 0. The van der Waals surface area contributed by atoms with Crippen LogP contribution in [0.5, 0.6) is 0 Å². The first-order valence-electron chi connectivity index (χ1n) is 7.28. The van der Waals surface area contributed by atoms with Crippen LogP contribution in [0.3, 0.4) is 0 Å². The van der Waals surface area contributed by atoms with Crippen LogP contribution >= 0.6 is 0 Å². The van der Waals surface area contributed by atoms with Crippen molar-refractivity contribution in [3.63, 3.8) is 0 Å². The number of hydrogen-bond acceptors (Lipinski definition) is 4. The molecule has 21 heavy (non-hydrogen) atoms. The van der Waals surface area contributed by atoms with E-state index in [0.29, 0.717) is 25.4 Å². The first kappa shape index (κ1) is 17.7. The fourth-order valence-corrected chi connectivity index (χ4v) is 1.75. The zero-order valence-corrected chi connectivity index (χ0v) is 13.6. The zero-order valence-electron chi connectivity index (χ0n) is 13.6. The average Bonchev–Trinajstić information content (AvgIpc) is 2.43. The lowest BCUT2D eigenvalue weighted by atomic mass is 9.95. The van der Waals surface area contributed by atoms with Crippen molar-refractivity contribution in [2.75, 3.05) is 19.8 Å². The molecule has 0 saturated carbocycles. The molecule has 1 aliphatic rings. The molecule has 0 atom stereocenters. The van der Waals surface area contributed by atoms with Crippen molar-refractivity contribution in [3.8, 4) is 0 Å². The molecular weight excluding hydrogens is 268 g/mol. The first-order valence-corrected chi connectivity index (χ1v) is 7.28. The molecule has 1 heterocycles. The highest BCUT2D eigenvalue weighted by atomic mass is 16.7. The molecule has 0 spiro atoms. The molecular formula is C17H26O4. The molecule has 4 heteroatoms. The predicted octanol–water partition coefficient (Wildman–Crippen LogP) is 3.40. The van der Waals surface area contributed by atoms with Crippen molar-refractivity contribution in [1.29, 1.82) is 0 Å². The molecule has 0 N–H and O–H groups in total. The molecule has 4 nitrogen and oxygen atoms in total. The monoisotopic (exact) mass is 294 g/mol. The smallest absolute Gasteiger partial charge is 0.333 e. The molecule has 0 aromatic heterocycles. The summed E-state index contributed by atoms with van der Waals surface area (Å²) in [6.07, 6.45) is 7.05. The van der Waals surface area contributed by atoms with E-state index in [-0.39, 0.29) is 17.7 Å². The van der Waals surface area contributed by atoms with Crippen LogP contribution in [-0.2, 0) is 19.0 Å². The van der Waals surface area contributed by atoms with Crippen LogP contribution in [0.25, 0.3) is 0 Å². The van der Waals surface area contributed by atoms with Gasteiger partial charge in [0.2, 0.25) is 0 Å². The van der Waals surface area contributed by atoms with E-state index < -0.39 is 0 Å². The normalized spacial score (nSPS) is 20.8. The van der Waals surface area contributed by atoms with Crippen LogP contribution in [0.1, 0.15) is 34.6 Å². The maximum atomic E-state index is 11.4. The highest BCUT2D eigenvalue weighted by Crippen LogP contribution is 2.25. The van der Waals surface area contributed by atoms with Crippen LogP contribution < -0.4 is 0 Å². The SMILES string of the molecule is CCOC(=O)/C(C)=C/C=C/C=C(\C)C1OCC(C)(C)CO1. The molecule has 0 amide bonds. The van der Waals surface area contributed by atoms with Gasteiger partial charge < -0.3 is 14.2 Å². The second-order valence-electron chi connectivity index (χ2n) is 5.98. The Kier molecular flexibility index (Phi) is 6.85. The second-order valence-corrected chi connectivity index (χ2v) is 5.98. The summed E-state index contributed by atoms with van der Waals surface area (Å²) in [7, 11) is 0. The van der Waals surface area contributed by atoms with Crippen LogP contribution in [0.15, 0.2) is 35.5 Å². The van der Waals surface area contributed by atoms with Crippen LogP contribution in [0, 0.1) is 5.41 Å². The lowest BCUT2D eigenvalue weighted by Gasteiger charge is -2.34. The van der Waals surface area contributed by atoms with Gasteiger partial charge in [-0.1, -0.05) is 38.2 Å². The second kappa shape index (κ2) is 8.15. The van der Waals surface area contributed by atoms with E-state index in [1.165, 1.54) is 0 Å². The van der Waals surface area contributed by atoms with Gasteiger partial charge in [0.05, 0.1) is 19.8 Å². The Bertz CT molecular complexity index is 434. The van der Waals surface area contributed by atoms with Crippen molar-refractivity contribution < 1.29 is 19.0 Å². The van der Waals surface area contributed by atoms with Crippen molar-refractivity contribution in [3.05, 3.63) is 35.5 Å². The Hall–Kier alpha value is -1.39. The summed E-state index contributed by atoms with van der Waals surface area (Å²) < 4.78 is 16.3. The van der Waals surface area contributed by atoms with E-state index in [9.17, 15) is 4.79 Å². The molecule has 1 fully saturated rings. The molecule has 0 radical (unpaired) electrons. The Labute approximate surface area is 127 Å². The summed E-state index contributed by atoms with van der Waals surface area (Å²) in [5, 5.41) is 0. The molecule has 1 saturated heterocycles. The highest BCUT2D eigenvalue weighted by molar-refractivity contribution is 5.88. The van der Waals surface area contributed by atoms with E-state index in [1.807, 2.05) is 25.2 Å². The summed E-state index contributed by atoms with van der Waals surface area (Å²) >= 11 is 0. The highest BCUT2D eigenvalue weighted by Gasteiger charge is 2.28. The summed E-state index contributed by atoms with van der Waals surface area (Å²) in [5.41, 5.74) is 1.65. The number of esters is 1. The van der Waals surface area contributed by atoms with Gasteiger partial charge in [-0.05, 0) is 26.3 Å².